The largest absolute Gasteiger partial charge is 0.278 e. The van der Waals surface area contributed by atoms with Gasteiger partial charge in [0.15, 0.2) is 0 Å². The minimum Gasteiger partial charge on any atom is -0.278 e. The van der Waals surface area contributed by atoms with Crippen LogP contribution in [0.1, 0.15) is 24.0 Å². The number of nitrogens with one attached hydrogen (secondary N) is 1. The summed E-state index contributed by atoms with van der Waals surface area (Å²) in [5, 5.41) is 4.56. The molecule has 2 aromatic rings. The Morgan fingerprint density at radius 2 is 1.61 bits per heavy atom. The highest BCUT2D eigenvalue weighted by Gasteiger charge is 2.14. The molecule has 0 saturated heterocycles. The van der Waals surface area contributed by atoms with Crippen LogP contribution in [-0.2, 0) is 6.42 Å². The van der Waals surface area contributed by atoms with Crippen molar-refractivity contribution in [1.82, 2.24) is 0 Å². The predicted octanol–water partition coefficient (Wildman–Crippen LogP) is 3.84. The molecule has 0 saturated carbocycles. The van der Waals surface area contributed by atoms with Crippen LogP contribution in [0.25, 0.3) is 0 Å². The molecular weight excluding hydrogens is 220 g/mol. The monoisotopic (exact) mass is 236 g/mol. The van der Waals surface area contributed by atoms with E-state index in [0.29, 0.717) is 0 Å². The first-order valence-electron chi connectivity index (χ1n) is 6.39. The van der Waals surface area contributed by atoms with Crippen LogP contribution < -0.4 is 5.43 Å². The minimum absolute atomic E-state index is 1.04. The molecule has 0 radical (unpaired) electrons. The molecule has 0 fully saturated rings. The van der Waals surface area contributed by atoms with Gasteiger partial charge in [0.25, 0.3) is 0 Å². The maximum absolute atomic E-state index is 4.56. The van der Waals surface area contributed by atoms with Crippen molar-refractivity contribution in [1.29, 1.82) is 0 Å². The highest BCUT2D eigenvalue weighted by molar-refractivity contribution is 6.03. The summed E-state index contributed by atoms with van der Waals surface area (Å²) in [6.07, 6.45) is 3.41. The fraction of sp³-hybridized carbons (Fsp3) is 0.188. The molecule has 0 heterocycles. The zero-order chi connectivity index (χ0) is 12.2. The first-order chi connectivity index (χ1) is 8.93. The Morgan fingerprint density at radius 1 is 0.833 bits per heavy atom. The molecule has 90 valence electrons. The molecular formula is C16H16N2. The average Bonchev–Trinajstić information content (AvgIpc) is 2.46. The summed E-state index contributed by atoms with van der Waals surface area (Å²) in [7, 11) is 0. The van der Waals surface area contributed by atoms with Gasteiger partial charge in [-0.25, -0.2) is 0 Å². The maximum atomic E-state index is 4.56. The van der Waals surface area contributed by atoms with Crippen molar-refractivity contribution in [2.75, 3.05) is 5.43 Å². The van der Waals surface area contributed by atoms with Crippen LogP contribution in [0, 0.1) is 0 Å². The highest BCUT2D eigenvalue weighted by atomic mass is 15.3. The van der Waals surface area contributed by atoms with Crippen LogP contribution in [0.3, 0.4) is 0 Å². The lowest BCUT2D eigenvalue weighted by atomic mass is 9.90. The molecule has 1 N–H and O–H groups in total. The number of fused-ring (bicyclic) bond motifs is 1. The Kier molecular flexibility index (Phi) is 3.09. The Bertz CT molecular complexity index is 558. The molecule has 2 heteroatoms. The number of para-hydroxylation sites is 1. The van der Waals surface area contributed by atoms with Crippen molar-refractivity contribution in [3.63, 3.8) is 0 Å². The van der Waals surface area contributed by atoms with Gasteiger partial charge in [-0.3, -0.25) is 5.43 Å². The van der Waals surface area contributed by atoms with Crippen molar-refractivity contribution >= 4 is 11.4 Å². The third kappa shape index (κ3) is 2.28. The van der Waals surface area contributed by atoms with Crippen LogP contribution in [0.2, 0.25) is 0 Å². The molecule has 1 aliphatic rings. The molecule has 0 aliphatic heterocycles. The Labute approximate surface area is 107 Å². The van der Waals surface area contributed by atoms with E-state index >= 15 is 0 Å². The number of rotatable bonds is 2. The summed E-state index contributed by atoms with van der Waals surface area (Å²) in [5.41, 5.74) is 8.06. The van der Waals surface area contributed by atoms with E-state index in [1.165, 1.54) is 29.7 Å². The molecule has 0 unspecified atom stereocenters. The summed E-state index contributed by atoms with van der Waals surface area (Å²) in [6.45, 7) is 0. The van der Waals surface area contributed by atoms with E-state index in [1.807, 2.05) is 30.3 Å². The summed E-state index contributed by atoms with van der Waals surface area (Å²) < 4.78 is 0. The third-order valence-corrected chi connectivity index (χ3v) is 3.28. The topological polar surface area (TPSA) is 24.4 Å². The number of hydrogen-bond acceptors (Lipinski definition) is 2. The second-order valence-electron chi connectivity index (χ2n) is 4.55. The maximum Gasteiger partial charge on any atom is 0.0682 e. The Morgan fingerprint density at radius 3 is 2.50 bits per heavy atom. The van der Waals surface area contributed by atoms with Gasteiger partial charge in [0, 0.05) is 5.56 Å². The number of aryl methyl sites for hydroxylation is 1. The van der Waals surface area contributed by atoms with E-state index in [0.717, 1.165) is 12.1 Å². The summed E-state index contributed by atoms with van der Waals surface area (Å²) in [5.74, 6) is 0. The molecule has 18 heavy (non-hydrogen) atoms. The predicted molar refractivity (Wildman–Crippen MR) is 76.0 cm³/mol. The molecule has 0 spiro atoms. The number of anilines is 1. The average molecular weight is 236 g/mol. The molecule has 2 nitrogen and oxygen atoms in total. The first-order valence-corrected chi connectivity index (χ1v) is 6.39. The van der Waals surface area contributed by atoms with E-state index in [-0.39, 0.29) is 0 Å². The fourth-order valence-corrected chi connectivity index (χ4v) is 2.36. The van der Waals surface area contributed by atoms with Crippen molar-refractivity contribution in [3.8, 4) is 0 Å². The zero-order valence-electron chi connectivity index (χ0n) is 10.3. The van der Waals surface area contributed by atoms with Crippen molar-refractivity contribution in [2.24, 2.45) is 5.10 Å². The lowest BCUT2D eigenvalue weighted by Crippen LogP contribution is -2.13. The van der Waals surface area contributed by atoms with Gasteiger partial charge in [0.1, 0.15) is 0 Å². The Hall–Kier alpha value is -2.09. The molecule has 2 aromatic carbocycles. The standard InChI is InChI=1S/C16H16N2/c1-2-9-14(10-3-1)17-18-16-12-6-8-13-7-4-5-11-15(13)16/h1-5,7,9-11,17H,6,8,12H2/b18-16+. The molecule has 0 aromatic heterocycles. The summed E-state index contributed by atoms with van der Waals surface area (Å²) >= 11 is 0. The van der Waals surface area contributed by atoms with Crippen LogP contribution in [0.4, 0.5) is 5.69 Å². The van der Waals surface area contributed by atoms with E-state index in [2.05, 4.69) is 34.8 Å². The number of benzene rings is 2. The number of hydrazone groups is 1. The lowest BCUT2D eigenvalue weighted by Gasteiger charge is -2.17. The van der Waals surface area contributed by atoms with Crippen molar-refractivity contribution in [3.05, 3.63) is 65.7 Å². The summed E-state index contributed by atoms with van der Waals surface area (Å²) in [4.78, 5) is 0. The molecule has 0 amide bonds. The van der Waals surface area contributed by atoms with Crippen LogP contribution in [-0.4, -0.2) is 5.71 Å². The van der Waals surface area contributed by atoms with Crippen molar-refractivity contribution in [2.45, 2.75) is 19.3 Å². The van der Waals surface area contributed by atoms with Gasteiger partial charge in [-0.05, 0) is 37.0 Å². The van der Waals surface area contributed by atoms with Gasteiger partial charge in [-0.15, -0.1) is 0 Å². The van der Waals surface area contributed by atoms with Gasteiger partial charge < -0.3 is 0 Å². The quantitative estimate of drug-likeness (QED) is 0.787. The van der Waals surface area contributed by atoms with E-state index in [4.69, 9.17) is 0 Å². The van der Waals surface area contributed by atoms with E-state index < -0.39 is 0 Å². The minimum atomic E-state index is 1.04. The second-order valence-corrected chi connectivity index (χ2v) is 4.55. The van der Waals surface area contributed by atoms with Gasteiger partial charge in [-0.2, -0.15) is 5.10 Å². The molecule has 0 bridgehead atoms. The van der Waals surface area contributed by atoms with Gasteiger partial charge in [-0.1, -0.05) is 42.5 Å². The van der Waals surface area contributed by atoms with E-state index in [9.17, 15) is 0 Å². The van der Waals surface area contributed by atoms with Gasteiger partial charge >= 0.3 is 0 Å². The zero-order valence-corrected chi connectivity index (χ0v) is 10.3. The Balaban J connectivity index is 1.85. The fourth-order valence-electron chi connectivity index (χ4n) is 2.36. The van der Waals surface area contributed by atoms with E-state index in [1.54, 1.807) is 0 Å². The van der Waals surface area contributed by atoms with Gasteiger partial charge in [0.05, 0.1) is 11.4 Å². The number of hydrogen-bond donors (Lipinski definition) is 1. The first kappa shape index (κ1) is 11.0. The van der Waals surface area contributed by atoms with Crippen LogP contribution in [0.15, 0.2) is 59.7 Å². The van der Waals surface area contributed by atoms with Gasteiger partial charge in [0.2, 0.25) is 0 Å². The second kappa shape index (κ2) is 5.05. The lowest BCUT2D eigenvalue weighted by molar-refractivity contribution is 0.837. The van der Waals surface area contributed by atoms with Crippen LogP contribution in [0.5, 0.6) is 0 Å². The SMILES string of the molecule is c1ccc(N/N=C2\CCCc3ccccc32)cc1. The molecule has 3 rings (SSSR count). The smallest absolute Gasteiger partial charge is 0.0682 e. The third-order valence-electron chi connectivity index (χ3n) is 3.28. The van der Waals surface area contributed by atoms with Crippen molar-refractivity contribution < 1.29 is 0 Å². The molecule has 1 aliphatic carbocycles. The highest BCUT2D eigenvalue weighted by Crippen LogP contribution is 2.21. The normalized spacial score (nSPS) is 16.3. The van der Waals surface area contributed by atoms with Crippen LogP contribution >= 0.6 is 0 Å². The summed E-state index contributed by atoms with van der Waals surface area (Å²) in [6, 6.07) is 18.6. The number of nitrogens with zero attached hydrogens (tertiary/aromatic N) is 1. The molecule has 0 atom stereocenters.